The summed E-state index contributed by atoms with van der Waals surface area (Å²) in [6.45, 7) is 1.11. The zero-order valence-corrected chi connectivity index (χ0v) is 15.3. The molecule has 0 unspecified atom stereocenters. The maximum Gasteiger partial charge on any atom is 0.244 e. The van der Waals surface area contributed by atoms with Gasteiger partial charge in [-0.25, -0.2) is 27.8 Å². The van der Waals surface area contributed by atoms with Gasteiger partial charge in [0.1, 0.15) is 27.1 Å². The Kier molecular flexibility index (Phi) is 4.60. The van der Waals surface area contributed by atoms with Gasteiger partial charge in [0.05, 0.1) is 5.52 Å². The molecule has 0 amide bonds. The molecule has 2 aromatic heterocycles. The second-order valence-electron chi connectivity index (χ2n) is 5.89. The summed E-state index contributed by atoms with van der Waals surface area (Å²) in [5.41, 5.74) is 0.636. The number of hydrogen-bond donors (Lipinski definition) is 0. The van der Waals surface area contributed by atoms with Crippen molar-refractivity contribution in [2.45, 2.75) is 27.8 Å². The summed E-state index contributed by atoms with van der Waals surface area (Å²) in [5, 5.41) is 1.74. The lowest BCUT2D eigenvalue weighted by molar-refractivity contribution is 0.477. The van der Waals surface area contributed by atoms with Crippen LogP contribution in [0.15, 0.2) is 57.8 Å². The minimum atomic E-state index is -3.48. The predicted molar refractivity (Wildman–Crippen MR) is 95.8 cm³/mol. The summed E-state index contributed by atoms with van der Waals surface area (Å²) >= 11 is 1.24. The van der Waals surface area contributed by atoms with Gasteiger partial charge in [0.2, 0.25) is 10.0 Å². The molecule has 1 fully saturated rings. The van der Waals surface area contributed by atoms with Crippen LogP contribution in [0.3, 0.4) is 0 Å². The summed E-state index contributed by atoms with van der Waals surface area (Å²) in [6, 6.07) is 7.51. The van der Waals surface area contributed by atoms with Crippen LogP contribution >= 0.6 is 11.8 Å². The lowest BCUT2D eigenvalue weighted by Gasteiger charge is -2.15. The van der Waals surface area contributed by atoms with Crippen LogP contribution in [0.4, 0.5) is 4.39 Å². The van der Waals surface area contributed by atoms with Gasteiger partial charge >= 0.3 is 0 Å². The number of nitrogens with zero attached hydrogens (tertiary/aromatic N) is 4. The fraction of sp³-hybridized carbons (Fsp3) is 0.235. The molecular formula is C17H15FN4O2S2. The molecule has 4 rings (SSSR count). The van der Waals surface area contributed by atoms with Crippen LogP contribution in [-0.2, 0) is 10.0 Å². The molecule has 0 aliphatic carbocycles. The Hall–Kier alpha value is -2.10. The number of pyridine rings is 1. The smallest absolute Gasteiger partial charge is 0.244 e. The zero-order valence-electron chi connectivity index (χ0n) is 13.7. The number of benzene rings is 1. The molecule has 0 bridgehead atoms. The van der Waals surface area contributed by atoms with Crippen molar-refractivity contribution in [3.63, 3.8) is 0 Å². The fourth-order valence-corrected chi connectivity index (χ4v) is 5.12. The molecule has 6 nitrogen and oxygen atoms in total. The van der Waals surface area contributed by atoms with Crippen LogP contribution in [0.1, 0.15) is 12.8 Å². The standard InChI is InChI=1S/C17H15FN4O2S2/c18-12-3-5-15-14(9-12)17(21-11-20-15)25-16-6-4-13(10-19-16)26(23,24)22-7-1-2-8-22/h3-6,9-11H,1-2,7-8H2. The molecule has 0 saturated carbocycles. The van der Waals surface area contributed by atoms with Crippen molar-refractivity contribution in [3.8, 4) is 0 Å². The van der Waals surface area contributed by atoms with Crippen molar-refractivity contribution in [2.75, 3.05) is 13.1 Å². The topological polar surface area (TPSA) is 76.0 Å². The minimum absolute atomic E-state index is 0.183. The Morgan fingerprint density at radius 3 is 2.58 bits per heavy atom. The molecular weight excluding hydrogens is 375 g/mol. The van der Waals surface area contributed by atoms with Gasteiger partial charge in [-0.1, -0.05) is 0 Å². The highest BCUT2D eigenvalue weighted by atomic mass is 32.2. The van der Waals surface area contributed by atoms with E-state index in [1.165, 1.54) is 40.7 Å². The molecule has 0 atom stereocenters. The highest BCUT2D eigenvalue weighted by Crippen LogP contribution is 2.31. The zero-order chi connectivity index (χ0) is 18.1. The van der Waals surface area contributed by atoms with Crippen LogP contribution < -0.4 is 0 Å². The Morgan fingerprint density at radius 2 is 1.85 bits per heavy atom. The van der Waals surface area contributed by atoms with Crippen LogP contribution in [0.2, 0.25) is 0 Å². The van der Waals surface area contributed by atoms with Crippen molar-refractivity contribution < 1.29 is 12.8 Å². The number of fused-ring (bicyclic) bond motifs is 1. The van der Waals surface area contributed by atoms with E-state index in [4.69, 9.17) is 0 Å². The second kappa shape index (κ2) is 6.90. The molecule has 0 radical (unpaired) electrons. The average molecular weight is 390 g/mol. The van der Waals surface area contributed by atoms with Crippen LogP contribution in [0.25, 0.3) is 10.9 Å². The van der Waals surface area contributed by atoms with E-state index in [1.807, 2.05) is 0 Å². The molecule has 26 heavy (non-hydrogen) atoms. The molecule has 3 aromatic rings. The average Bonchev–Trinajstić information content (AvgIpc) is 3.18. The van der Waals surface area contributed by atoms with Gasteiger partial charge in [-0.15, -0.1) is 0 Å². The normalized spacial score (nSPS) is 15.6. The van der Waals surface area contributed by atoms with Crippen molar-refractivity contribution >= 4 is 32.7 Å². The van der Waals surface area contributed by atoms with E-state index < -0.39 is 10.0 Å². The molecule has 3 heterocycles. The second-order valence-corrected chi connectivity index (χ2v) is 8.83. The Morgan fingerprint density at radius 1 is 1.04 bits per heavy atom. The molecule has 0 N–H and O–H groups in total. The molecule has 1 aromatic carbocycles. The first-order valence-electron chi connectivity index (χ1n) is 8.08. The van der Waals surface area contributed by atoms with Gasteiger partial charge in [0.15, 0.2) is 0 Å². The van der Waals surface area contributed by atoms with Crippen molar-refractivity contribution in [3.05, 3.63) is 48.7 Å². The van der Waals surface area contributed by atoms with Gasteiger partial charge in [-0.2, -0.15) is 4.31 Å². The van der Waals surface area contributed by atoms with Gasteiger partial charge in [-0.05, 0) is 54.9 Å². The van der Waals surface area contributed by atoms with Crippen LogP contribution in [0.5, 0.6) is 0 Å². The molecule has 1 aliphatic heterocycles. The SMILES string of the molecule is O=S(=O)(c1ccc(Sc2ncnc3ccc(F)cc23)nc1)N1CCCC1. The lowest BCUT2D eigenvalue weighted by Crippen LogP contribution is -2.27. The molecule has 1 saturated heterocycles. The molecule has 1 aliphatic rings. The number of halogens is 1. The predicted octanol–water partition coefficient (Wildman–Crippen LogP) is 3.10. The monoisotopic (exact) mass is 390 g/mol. The third-order valence-electron chi connectivity index (χ3n) is 4.17. The third-order valence-corrected chi connectivity index (χ3v) is 7.03. The van der Waals surface area contributed by atoms with Gasteiger partial charge in [0.25, 0.3) is 0 Å². The van der Waals surface area contributed by atoms with Gasteiger partial charge < -0.3 is 0 Å². The first-order chi connectivity index (χ1) is 12.5. The van der Waals surface area contributed by atoms with E-state index in [2.05, 4.69) is 15.0 Å². The van der Waals surface area contributed by atoms with Gasteiger partial charge in [0, 0.05) is 24.7 Å². The molecule has 0 spiro atoms. The molecule has 9 heteroatoms. The summed E-state index contributed by atoms with van der Waals surface area (Å²) < 4.78 is 40.1. The van der Waals surface area contributed by atoms with E-state index >= 15 is 0 Å². The van der Waals surface area contributed by atoms with Crippen LogP contribution in [0, 0.1) is 5.82 Å². The molecule has 134 valence electrons. The maximum absolute atomic E-state index is 13.5. The number of sulfonamides is 1. The van der Waals surface area contributed by atoms with E-state index in [-0.39, 0.29) is 10.7 Å². The number of rotatable bonds is 4. The summed E-state index contributed by atoms with van der Waals surface area (Å²) in [6.07, 6.45) is 4.55. The Bertz CT molecular complexity index is 1050. The van der Waals surface area contributed by atoms with Crippen molar-refractivity contribution in [2.24, 2.45) is 0 Å². The van der Waals surface area contributed by atoms with E-state index in [9.17, 15) is 12.8 Å². The Labute approximate surface area is 154 Å². The quantitative estimate of drug-likeness (QED) is 0.637. The lowest BCUT2D eigenvalue weighted by atomic mass is 10.2. The largest absolute Gasteiger partial charge is 0.248 e. The number of aromatic nitrogens is 3. The van der Waals surface area contributed by atoms with Gasteiger partial charge in [-0.3, -0.25) is 0 Å². The number of hydrogen-bond acceptors (Lipinski definition) is 6. The highest BCUT2D eigenvalue weighted by molar-refractivity contribution is 7.99. The van der Waals surface area contributed by atoms with Crippen molar-refractivity contribution in [1.82, 2.24) is 19.3 Å². The van der Waals surface area contributed by atoms with E-state index in [1.54, 1.807) is 18.2 Å². The first kappa shape index (κ1) is 17.3. The van der Waals surface area contributed by atoms with Crippen molar-refractivity contribution in [1.29, 1.82) is 0 Å². The van der Waals surface area contributed by atoms with E-state index in [0.717, 1.165) is 12.8 Å². The summed E-state index contributed by atoms with van der Waals surface area (Å²) in [7, 11) is -3.48. The highest BCUT2D eigenvalue weighted by Gasteiger charge is 2.27. The minimum Gasteiger partial charge on any atom is -0.248 e. The maximum atomic E-state index is 13.5. The Balaban J connectivity index is 1.61. The third kappa shape index (κ3) is 3.29. The van der Waals surface area contributed by atoms with E-state index in [0.29, 0.717) is 34.0 Å². The first-order valence-corrected chi connectivity index (χ1v) is 10.3. The summed E-state index contributed by atoms with van der Waals surface area (Å²) in [5.74, 6) is -0.367. The fourth-order valence-electron chi connectivity index (χ4n) is 2.84. The summed E-state index contributed by atoms with van der Waals surface area (Å²) in [4.78, 5) is 12.7. The van der Waals surface area contributed by atoms with Crippen LogP contribution in [-0.4, -0.2) is 40.8 Å².